The van der Waals surface area contributed by atoms with Gasteiger partial charge < -0.3 is 14.3 Å². The molecule has 0 aliphatic carbocycles. The van der Waals surface area contributed by atoms with Crippen LogP contribution in [0.4, 0.5) is 0 Å². The number of aromatic nitrogens is 4. The lowest BCUT2D eigenvalue weighted by molar-refractivity contribution is 0.0785. The van der Waals surface area contributed by atoms with Gasteiger partial charge in [0.2, 0.25) is 0 Å². The van der Waals surface area contributed by atoms with E-state index in [1.54, 1.807) is 0 Å². The lowest BCUT2D eigenvalue weighted by Gasteiger charge is -2.14. The Bertz CT molecular complexity index is 878. The van der Waals surface area contributed by atoms with Gasteiger partial charge in [0.05, 0.1) is 0 Å². The molecule has 6 nitrogen and oxygen atoms in total. The number of hydrogen-bond acceptors (Lipinski definition) is 3. The SMILES string of the molecule is Cc1ccc2nc(C(=O)N3CCC(c4ncc(C)[nH]4)C3)cn2c1. The Morgan fingerprint density at radius 2 is 2.17 bits per heavy atom. The van der Waals surface area contributed by atoms with Crippen molar-refractivity contribution in [2.24, 2.45) is 0 Å². The molecule has 1 N–H and O–H groups in total. The number of likely N-dealkylation sites (tertiary alicyclic amines) is 1. The van der Waals surface area contributed by atoms with E-state index < -0.39 is 0 Å². The zero-order valence-electron chi connectivity index (χ0n) is 13.3. The molecule has 1 atom stereocenters. The molecule has 1 unspecified atom stereocenters. The number of carbonyl (C=O) groups is 1. The van der Waals surface area contributed by atoms with Gasteiger partial charge in [0.1, 0.15) is 17.2 Å². The molecule has 0 saturated carbocycles. The van der Waals surface area contributed by atoms with Gasteiger partial charge in [-0.05, 0) is 31.9 Å². The summed E-state index contributed by atoms with van der Waals surface area (Å²) in [7, 11) is 0. The van der Waals surface area contributed by atoms with E-state index in [4.69, 9.17) is 0 Å². The lowest BCUT2D eigenvalue weighted by atomic mass is 10.1. The number of pyridine rings is 1. The van der Waals surface area contributed by atoms with Crippen LogP contribution in [0.1, 0.15) is 39.9 Å². The highest BCUT2D eigenvalue weighted by atomic mass is 16.2. The summed E-state index contributed by atoms with van der Waals surface area (Å²) in [6.45, 7) is 5.46. The van der Waals surface area contributed by atoms with Crippen molar-refractivity contribution in [1.29, 1.82) is 0 Å². The third-order valence-corrected chi connectivity index (χ3v) is 4.40. The zero-order valence-corrected chi connectivity index (χ0v) is 13.3. The fraction of sp³-hybridized carbons (Fsp3) is 0.353. The Kier molecular flexibility index (Phi) is 3.18. The lowest BCUT2D eigenvalue weighted by Crippen LogP contribution is -2.28. The van der Waals surface area contributed by atoms with Gasteiger partial charge in [-0.25, -0.2) is 9.97 Å². The van der Waals surface area contributed by atoms with Gasteiger partial charge in [0.25, 0.3) is 5.91 Å². The highest BCUT2D eigenvalue weighted by Crippen LogP contribution is 2.26. The summed E-state index contributed by atoms with van der Waals surface area (Å²) in [5.74, 6) is 1.26. The number of amides is 1. The van der Waals surface area contributed by atoms with Crippen LogP contribution in [-0.4, -0.2) is 43.2 Å². The van der Waals surface area contributed by atoms with E-state index in [0.29, 0.717) is 12.2 Å². The number of carbonyl (C=O) groups excluding carboxylic acids is 1. The van der Waals surface area contributed by atoms with E-state index in [0.717, 1.165) is 35.7 Å². The smallest absolute Gasteiger partial charge is 0.274 e. The van der Waals surface area contributed by atoms with Gasteiger partial charge in [0.15, 0.2) is 0 Å². The first-order chi connectivity index (χ1) is 11.1. The second-order valence-electron chi connectivity index (χ2n) is 6.29. The Labute approximate surface area is 134 Å². The first kappa shape index (κ1) is 14.0. The van der Waals surface area contributed by atoms with Gasteiger partial charge in [-0.3, -0.25) is 4.79 Å². The van der Waals surface area contributed by atoms with Crippen LogP contribution in [-0.2, 0) is 0 Å². The first-order valence-electron chi connectivity index (χ1n) is 7.86. The number of H-pyrrole nitrogens is 1. The highest BCUT2D eigenvalue weighted by molar-refractivity contribution is 5.93. The minimum absolute atomic E-state index is 0.00266. The van der Waals surface area contributed by atoms with Crippen molar-refractivity contribution >= 4 is 11.6 Å². The average molecular weight is 309 g/mol. The van der Waals surface area contributed by atoms with Crippen LogP contribution < -0.4 is 0 Å². The molecule has 118 valence electrons. The Morgan fingerprint density at radius 3 is 2.96 bits per heavy atom. The molecule has 0 bridgehead atoms. The number of aryl methyl sites for hydroxylation is 2. The highest BCUT2D eigenvalue weighted by Gasteiger charge is 2.30. The third-order valence-electron chi connectivity index (χ3n) is 4.40. The number of imidazole rings is 2. The molecular formula is C17H19N5O. The molecule has 1 saturated heterocycles. The van der Waals surface area contributed by atoms with E-state index in [9.17, 15) is 4.79 Å². The molecule has 0 spiro atoms. The Balaban J connectivity index is 1.54. The van der Waals surface area contributed by atoms with E-state index in [-0.39, 0.29) is 11.8 Å². The predicted octanol–water partition coefficient (Wildman–Crippen LogP) is 2.30. The van der Waals surface area contributed by atoms with Crippen LogP contribution in [0.15, 0.2) is 30.7 Å². The molecule has 1 fully saturated rings. The maximum absolute atomic E-state index is 12.7. The average Bonchev–Trinajstić information content (AvgIpc) is 3.23. The van der Waals surface area contributed by atoms with Crippen LogP contribution in [0, 0.1) is 13.8 Å². The maximum atomic E-state index is 12.7. The molecule has 4 heterocycles. The van der Waals surface area contributed by atoms with E-state index in [2.05, 4.69) is 15.0 Å². The van der Waals surface area contributed by atoms with E-state index in [1.165, 1.54) is 0 Å². The van der Waals surface area contributed by atoms with Crippen molar-refractivity contribution in [2.45, 2.75) is 26.2 Å². The van der Waals surface area contributed by atoms with Crippen LogP contribution in [0.3, 0.4) is 0 Å². The molecule has 3 aromatic rings. The minimum atomic E-state index is -0.00266. The monoisotopic (exact) mass is 309 g/mol. The zero-order chi connectivity index (χ0) is 16.0. The Morgan fingerprint density at radius 1 is 1.30 bits per heavy atom. The van der Waals surface area contributed by atoms with Crippen LogP contribution in [0.5, 0.6) is 0 Å². The molecule has 0 radical (unpaired) electrons. The third kappa shape index (κ3) is 2.50. The predicted molar refractivity (Wildman–Crippen MR) is 86.5 cm³/mol. The number of fused-ring (bicyclic) bond motifs is 1. The van der Waals surface area contributed by atoms with Gasteiger partial charge in [0, 0.05) is 43.3 Å². The van der Waals surface area contributed by atoms with E-state index >= 15 is 0 Å². The van der Waals surface area contributed by atoms with Gasteiger partial charge in [-0.2, -0.15) is 0 Å². The molecule has 3 aromatic heterocycles. The standard InChI is InChI=1S/C17H19N5O/c1-11-3-4-15-20-14(10-22(15)8-11)17(23)21-6-5-13(9-21)16-18-7-12(2)19-16/h3-4,7-8,10,13H,5-6,9H2,1-2H3,(H,18,19). The second kappa shape index (κ2) is 5.22. The first-order valence-corrected chi connectivity index (χ1v) is 7.86. The molecule has 0 aromatic carbocycles. The van der Waals surface area contributed by atoms with Gasteiger partial charge in [-0.1, -0.05) is 6.07 Å². The second-order valence-corrected chi connectivity index (χ2v) is 6.29. The fourth-order valence-electron chi connectivity index (χ4n) is 3.18. The number of hydrogen-bond donors (Lipinski definition) is 1. The van der Waals surface area contributed by atoms with Crippen LogP contribution in [0.2, 0.25) is 0 Å². The molecule has 1 aliphatic rings. The summed E-state index contributed by atoms with van der Waals surface area (Å²) in [5, 5.41) is 0. The number of nitrogens with zero attached hydrogens (tertiary/aromatic N) is 4. The fourth-order valence-corrected chi connectivity index (χ4v) is 3.18. The summed E-state index contributed by atoms with van der Waals surface area (Å²) in [4.78, 5) is 26.7. The number of rotatable bonds is 2. The molecule has 6 heteroatoms. The van der Waals surface area contributed by atoms with Crippen molar-refractivity contribution in [2.75, 3.05) is 13.1 Å². The van der Waals surface area contributed by atoms with E-state index in [1.807, 2.05) is 53.9 Å². The summed E-state index contributed by atoms with van der Waals surface area (Å²) in [6.07, 6.45) is 6.57. The largest absolute Gasteiger partial charge is 0.346 e. The summed E-state index contributed by atoms with van der Waals surface area (Å²) >= 11 is 0. The molecular weight excluding hydrogens is 290 g/mol. The quantitative estimate of drug-likeness (QED) is 0.790. The maximum Gasteiger partial charge on any atom is 0.274 e. The Hall–Kier alpha value is -2.63. The number of aromatic amines is 1. The van der Waals surface area contributed by atoms with Crippen LogP contribution in [0.25, 0.3) is 5.65 Å². The molecule has 1 aliphatic heterocycles. The van der Waals surface area contributed by atoms with Crippen molar-refractivity contribution in [3.63, 3.8) is 0 Å². The van der Waals surface area contributed by atoms with Crippen molar-refractivity contribution < 1.29 is 4.79 Å². The van der Waals surface area contributed by atoms with Gasteiger partial charge in [-0.15, -0.1) is 0 Å². The molecule has 23 heavy (non-hydrogen) atoms. The summed E-state index contributed by atoms with van der Waals surface area (Å²) in [5.41, 5.74) is 3.51. The number of nitrogens with one attached hydrogen (secondary N) is 1. The topological polar surface area (TPSA) is 66.3 Å². The minimum Gasteiger partial charge on any atom is -0.346 e. The van der Waals surface area contributed by atoms with Crippen molar-refractivity contribution in [1.82, 2.24) is 24.3 Å². The van der Waals surface area contributed by atoms with Crippen molar-refractivity contribution in [3.8, 4) is 0 Å². The van der Waals surface area contributed by atoms with Crippen molar-refractivity contribution in [3.05, 3.63) is 53.5 Å². The molecule has 4 rings (SSSR count). The normalized spacial score (nSPS) is 18.0. The van der Waals surface area contributed by atoms with Gasteiger partial charge >= 0.3 is 0 Å². The molecule has 1 amide bonds. The van der Waals surface area contributed by atoms with Crippen LogP contribution >= 0.6 is 0 Å². The summed E-state index contributed by atoms with van der Waals surface area (Å²) in [6, 6.07) is 3.94. The summed E-state index contributed by atoms with van der Waals surface area (Å²) < 4.78 is 1.91.